The van der Waals surface area contributed by atoms with E-state index in [9.17, 15) is 4.79 Å². The predicted octanol–water partition coefficient (Wildman–Crippen LogP) is 0.694. The van der Waals surface area contributed by atoms with Crippen molar-refractivity contribution in [2.24, 2.45) is 5.84 Å². The van der Waals surface area contributed by atoms with Gasteiger partial charge in [-0.05, 0) is 6.92 Å². The minimum absolute atomic E-state index is 0.287. The number of nitrogens with two attached hydrogens (primary N) is 1. The molecule has 1 saturated heterocycles. The Morgan fingerprint density at radius 1 is 1.50 bits per heavy atom. The highest BCUT2D eigenvalue weighted by Gasteiger charge is 2.24. The van der Waals surface area contributed by atoms with E-state index in [0.29, 0.717) is 49.6 Å². The lowest BCUT2D eigenvalue weighted by molar-refractivity contribution is 0.105. The first-order valence-electron chi connectivity index (χ1n) is 6.31. The van der Waals surface area contributed by atoms with Crippen LogP contribution in [0.4, 0.5) is 16.6 Å². The maximum atomic E-state index is 11.6. The fourth-order valence-electron chi connectivity index (χ4n) is 1.97. The quantitative estimate of drug-likeness (QED) is 0.626. The van der Waals surface area contributed by atoms with Crippen LogP contribution < -0.4 is 16.2 Å². The highest BCUT2D eigenvalue weighted by Crippen LogP contribution is 2.24. The second kappa shape index (κ2) is 6.58. The van der Waals surface area contributed by atoms with E-state index in [1.807, 2.05) is 4.90 Å². The first kappa shape index (κ1) is 14.6. The third kappa shape index (κ3) is 3.20. The Bertz CT molecular complexity index is 478. The van der Waals surface area contributed by atoms with Crippen LogP contribution in [0.1, 0.15) is 6.92 Å². The number of hydrazine groups is 1. The van der Waals surface area contributed by atoms with Gasteiger partial charge in [-0.3, -0.25) is 5.43 Å². The lowest BCUT2D eigenvalue weighted by atomic mass is 10.3. The predicted molar refractivity (Wildman–Crippen MR) is 75.7 cm³/mol. The van der Waals surface area contributed by atoms with E-state index in [0.717, 1.165) is 0 Å². The number of amides is 1. The highest BCUT2D eigenvalue weighted by molar-refractivity contribution is 6.32. The summed E-state index contributed by atoms with van der Waals surface area (Å²) in [4.78, 5) is 23.4. The second-order valence-electron chi connectivity index (χ2n) is 4.18. The molecule has 110 valence electrons. The number of rotatable bonds is 3. The molecule has 3 N–H and O–H groups in total. The molecule has 8 nitrogen and oxygen atoms in total. The van der Waals surface area contributed by atoms with Crippen LogP contribution in [0.5, 0.6) is 0 Å². The molecule has 0 radical (unpaired) electrons. The van der Waals surface area contributed by atoms with Crippen molar-refractivity contribution >= 4 is 29.5 Å². The smallest absolute Gasteiger partial charge is 0.409 e. The summed E-state index contributed by atoms with van der Waals surface area (Å²) in [5, 5.41) is 0.452. The average Bonchev–Trinajstić information content (AvgIpc) is 2.48. The molecule has 1 aromatic rings. The molecular weight excluding hydrogens is 284 g/mol. The first-order chi connectivity index (χ1) is 9.65. The number of ether oxygens (including phenoxy) is 1. The summed E-state index contributed by atoms with van der Waals surface area (Å²) in [5.74, 6) is 6.20. The number of nitrogens with zero attached hydrogens (tertiary/aromatic N) is 4. The third-order valence-corrected chi connectivity index (χ3v) is 3.23. The van der Waals surface area contributed by atoms with E-state index in [1.165, 1.54) is 6.20 Å². The van der Waals surface area contributed by atoms with Crippen LogP contribution in [0.2, 0.25) is 5.02 Å². The van der Waals surface area contributed by atoms with Crippen molar-refractivity contribution in [1.29, 1.82) is 0 Å². The van der Waals surface area contributed by atoms with Crippen molar-refractivity contribution in [1.82, 2.24) is 14.9 Å². The van der Waals surface area contributed by atoms with Crippen LogP contribution in [-0.4, -0.2) is 53.7 Å². The Balaban J connectivity index is 2.02. The summed E-state index contributed by atoms with van der Waals surface area (Å²) in [5.41, 5.74) is 2.39. The number of anilines is 2. The molecule has 9 heteroatoms. The standard InChI is InChI=1S/C11H17ClN6O2/c1-2-20-11(19)18-5-3-17(4-6-18)9-8(12)7-14-10(15-9)16-13/h7H,2-6,13H2,1H3,(H,14,15,16). The van der Waals surface area contributed by atoms with Gasteiger partial charge in [0.1, 0.15) is 5.02 Å². The zero-order valence-corrected chi connectivity index (χ0v) is 11.9. The van der Waals surface area contributed by atoms with Crippen molar-refractivity contribution < 1.29 is 9.53 Å². The Morgan fingerprint density at radius 2 is 2.20 bits per heavy atom. The number of carbonyl (C=O) groups is 1. The molecule has 0 atom stereocenters. The van der Waals surface area contributed by atoms with E-state index < -0.39 is 0 Å². The molecule has 1 aromatic heterocycles. The summed E-state index contributed by atoms with van der Waals surface area (Å²) < 4.78 is 4.97. The van der Waals surface area contributed by atoms with Gasteiger partial charge in [0.05, 0.1) is 12.8 Å². The second-order valence-corrected chi connectivity index (χ2v) is 4.59. The van der Waals surface area contributed by atoms with Crippen LogP contribution in [0.15, 0.2) is 6.20 Å². The zero-order valence-electron chi connectivity index (χ0n) is 11.2. The van der Waals surface area contributed by atoms with Gasteiger partial charge in [0.15, 0.2) is 5.82 Å². The molecule has 2 heterocycles. The van der Waals surface area contributed by atoms with Gasteiger partial charge in [0, 0.05) is 26.2 Å². The van der Waals surface area contributed by atoms with Crippen molar-refractivity contribution in [2.45, 2.75) is 6.92 Å². The van der Waals surface area contributed by atoms with Crippen molar-refractivity contribution in [2.75, 3.05) is 43.1 Å². The van der Waals surface area contributed by atoms with Crippen molar-refractivity contribution in [3.05, 3.63) is 11.2 Å². The summed E-state index contributed by atoms with van der Waals surface area (Å²) in [7, 11) is 0. The number of halogens is 1. The fraction of sp³-hybridized carbons (Fsp3) is 0.545. The Morgan fingerprint density at radius 3 is 2.80 bits per heavy atom. The van der Waals surface area contributed by atoms with Crippen molar-refractivity contribution in [3.63, 3.8) is 0 Å². The normalized spacial score (nSPS) is 15.2. The molecule has 0 aliphatic carbocycles. The maximum absolute atomic E-state index is 11.6. The van der Waals surface area contributed by atoms with E-state index in [1.54, 1.807) is 11.8 Å². The molecule has 1 aliphatic rings. The summed E-state index contributed by atoms with van der Waals surface area (Å²) in [6.45, 7) is 4.53. The van der Waals surface area contributed by atoms with Crippen LogP contribution in [0.3, 0.4) is 0 Å². The lowest BCUT2D eigenvalue weighted by Crippen LogP contribution is -2.49. The van der Waals surface area contributed by atoms with Gasteiger partial charge in [0.25, 0.3) is 0 Å². The molecule has 2 rings (SSSR count). The number of nitrogens with one attached hydrogen (secondary N) is 1. The molecule has 0 unspecified atom stereocenters. The Labute approximate surface area is 121 Å². The summed E-state index contributed by atoms with van der Waals surface area (Å²) >= 11 is 6.09. The summed E-state index contributed by atoms with van der Waals surface area (Å²) in [6.07, 6.45) is 1.21. The number of piperazine rings is 1. The fourth-order valence-corrected chi connectivity index (χ4v) is 2.18. The monoisotopic (exact) mass is 300 g/mol. The van der Waals surface area contributed by atoms with Crippen LogP contribution >= 0.6 is 11.6 Å². The molecule has 0 aromatic carbocycles. The van der Waals surface area contributed by atoms with Crippen molar-refractivity contribution in [3.8, 4) is 0 Å². The molecule has 0 spiro atoms. The number of aromatic nitrogens is 2. The maximum Gasteiger partial charge on any atom is 0.409 e. The van der Waals surface area contributed by atoms with Gasteiger partial charge in [-0.15, -0.1) is 0 Å². The number of hydrogen-bond donors (Lipinski definition) is 2. The molecule has 20 heavy (non-hydrogen) atoms. The van der Waals surface area contributed by atoms with Gasteiger partial charge in [0.2, 0.25) is 5.95 Å². The highest BCUT2D eigenvalue weighted by atomic mass is 35.5. The van der Waals surface area contributed by atoms with Crippen LogP contribution in [0.25, 0.3) is 0 Å². The minimum atomic E-state index is -0.287. The summed E-state index contributed by atoms with van der Waals surface area (Å²) in [6, 6.07) is 0. The molecular formula is C11H17ClN6O2. The number of carbonyl (C=O) groups excluding carboxylic acids is 1. The average molecular weight is 301 g/mol. The van der Waals surface area contributed by atoms with Gasteiger partial charge in [-0.25, -0.2) is 15.6 Å². The van der Waals surface area contributed by atoms with E-state index in [2.05, 4.69) is 15.4 Å². The molecule has 0 bridgehead atoms. The molecule has 1 amide bonds. The zero-order chi connectivity index (χ0) is 14.5. The van der Waals surface area contributed by atoms with Crippen LogP contribution in [0, 0.1) is 0 Å². The first-order valence-corrected chi connectivity index (χ1v) is 6.69. The Kier molecular flexibility index (Phi) is 4.80. The third-order valence-electron chi connectivity index (χ3n) is 2.96. The topological polar surface area (TPSA) is 96.6 Å². The van der Waals surface area contributed by atoms with E-state index in [4.69, 9.17) is 22.2 Å². The molecule has 0 saturated carbocycles. The SMILES string of the molecule is CCOC(=O)N1CCN(c2nc(NN)ncc2Cl)CC1. The lowest BCUT2D eigenvalue weighted by Gasteiger charge is -2.35. The van der Waals surface area contributed by atoms with Gasteiger partial charge < -0.3 is 14.5 Å². The largest absolute Gasteiger partial charge is 0.450 e. The Hall–Kier alpha value is -1.80. The number of nitrogen functional groups attached to an aromatic ring is 1. The molecule has 1 aliphatic heterocycles. The minimum Gasteiger partial charge on any atom is -0.450 e. The van der Waals surface area contributed by atoms with E-state index in [-0.39, 0.29) is 6.09 Å². The number of hydrogen-bond acceptors (Lipinski definition) is 7. The van der Waals surface area contributed by atoms with Gasteiger partial charge in [-0.2, -0.15) is 4.98 Å². The molecule has 1 fully saturated rings. The van der Waals surface area contributed by atoms with Gasteiger partial charge >= 0.3 is 6.09 Å². The van der Waals surface area contributed by atoms with E-state index >= 15 is 0 Å². The van der Waals surface area contributed by atoms with Crippen LogP contribution in [-0.2, 0) is 4.74 Å². The van der Waals surface area contributed by atoms with Gasteiger partial charge in [-0.1, -0.05) is 11.6 Å².